The summed E-state index contributed by atoms with van der Waals surface area (Å²) < 4.78 is 5.38. The van der Waals surface area contributed by atoms with Gasteiger partial charge in [-0.1, -0.05) is 23.2 Å². The molecular weight excluding hydrogens is 313 g/mol. The van der Waals surface area contributed by atoms with E-state index in [9.17, 15) is 4.79 Å². The molecule has 0 aliphatic carbocycles. The van der Waals surface area contributed by atoms with Crippen molar-refractivity contribution in [3.8, 4) is 5.75 Å². The number of nitrogens with zero attached hydrogens (tertiary/aromatic N) is 2. The summed E-state index contributed by atoms with van der Waals surface area (Å²) in [6.07, 6.45) is 0. The van der Waals surface area contributed by atoms with Crippen LogP contribution in [0.5, 0.6) is 5.75 Å². The molecule has 0 saturated heterocycles. The molecular formula is C14H11Cl2N3O2. The lowest BCUT2D eigenvalue weighted by atomic mass is 10.2. The van der Waals surface area contributed by atoms with Gasteiger partial charge in [-0.15, -0.1) is 0 Å². The highest BCUT2D eigenvalue weighted by Crippen LogP contribution is 2.35. The Labute approximate surface area is 131 Å². The lowest BCUT2D eigenvalue weighted by molar-refractivity contribution is -0.121. The number of anilines is 2. The molecule has 2 aromatic rings. The van der Waals surface area contributed by atoms with Gasteiger partial charge in [-0.05, 0) is 30.3 Å². The van der Waals surface area contributed by atoms with Gasteiger partial charge < -0.3 is 10.5 Å². The zero-order valence-electron chi connectivity index (χ0n) is 10.8. The Hall–Kier alpha value is -1.98. The molecule has 1 aromatic carbocycles. The second kappa shape index (κ2) is 5.42. The van der Waals surface area contributed by atoms with Crippen LogP contribution in [0.2, 0.25) is 10.0 Å². The van der Waals surface area contributed by atoms with Gasteiger partial charge in [0.1, 0.15) is 11.6 Å². The molecule has 2 heterocycles. The average molecular weight is 324 g/mol. The molecule has 5 nitrogen and oxygen atoms in total. The Morgan fingerprint density at radius 3 is 2.90 bits per heavy atom. The summed E-state index contributed by atoms with van der Waals surface area (Å²) >= 11 is 12.1. The maximum atomic E-state index is 12.1. The fraction of sp³-hybridized carbons (Fsp3) is 0.143. The van der Waals surface area contributed by atoms with Gasteiger partial charge in [0.25, 0.3) is 5.91 Å². The number of fused-ring (bicyclic) bond motifs is 1. The predicted octanol–water partition coefficient (Wildman–Crippen LogP) is 2.90. The molecule has 2 N–H and O–H groups in total. The third-order valence-electron chi connectivity index (χ3n) is 3.11. The third kappa shape index (κ3) is 2.75. The van der Waals surface area contributed by atoms with E-state index in [4.69, 9.17) is 33.7 Å². The van der Waals surface area contributed by atoms with Crippen LogP contribution in [0.1, 0.15) is 5.69 Å². The number of halogens is 2. The zero-order valence-corrected chi connectivity index (χ0v) is 12.4. The molecule has 0 radical (unpaired) electrons. The summed E-state index contributed by atoms with van der Waals surface area (Å²) in [5.74, 6) is 0.755. The van der Waals surface area contributed by atoms with E-state index in [0.717, 1.165) is 0 Å². The number of nitrogen functional groups attached to an aromatic ring is 1. The van der Waals surface area contributed by atoms with Gasteiger partial charge in [-0.3, -0.25) is 9.69 Å². The van der Waals surface area contributed by atoms with Crippen molar-refractivity contribution in [1.29, 1.82) is 0 Å². The second-order valence-corrected chi connectivity index (χ2v) is 5.39. The first-order chi connectivity index (χ1) is 10.0. The largest absolute Gasteiger partial charge is 0.482 e. The Kier molecular flexibility index (Phi) is 3.61. The fourth-order valence-corrected chi connectivity index (χ4v) is 2.44. The van der Waals surface area contributed by atoms with Crippen LogP contribution in [-0.4, -0.2) is 17.5 Å². The molecule has 1 amide bonds. The summed E-state index contributed by atoms with van der Waals surface area (Å²) in [5, 5.41) is 0.968. The minimum absolute atomic E-state index is 0.0332. The van der Waals surface area contributed by atoms with E-state index in [1.165, 1.54) is 0 Å². The normalized spacial score (nSPS) is 13.8. The smallest absolute Gasteiger partial charge is 0.265 e. The van der Waals surface area contributed by atoms with E-state index in [1.807, 2.05) is 0 Å². The highest BCUT2D eigenvalue weighted by molar-refractivity contribution is 6.31. The van der Waals surface area contributed by atoms with E-state index in [2.05, 4.69) is 4.98 Å². The van der Waals surface area contributed by atoms with Gasteiger partial charge in [0.2, 0.25) is 0 Å². The number of aromatic nitrogens is 1. The molecule has 0 saturated carbocycles. The monoisotopic (exact) mass is 323 g/mol. The molecule has 1 aromatic heterocycles. The summed E-state index contributed by atoms with van der Waals surface area (Å²) in [4.78, 5) is 17.8. The van der Waals surface area contributed by atoms with Crippen LogP contribution in [0, 0.1) is 0 Å². The number of nitrogens with two attached hydrogens (primary N) is 1. The van der Waals surface area contributed by atoms with Crippen molar-refractivity contribution in [2.45, 2.75) is 6.54 Å². The van der Waals surface area contributed by atoms with Crippen LogP contribution in [-0.2, 0) is 11.3 Å². The van der Waals surface area contributed by atoms with Gasteiger partial charge in [-0.2, -0.15) is 0 Å². The van der Waals surface area contributed by atoms with Crippen molar-refractivity contribution in [3.63, 3.8) is 0 Å². The summed E-state index contributed by atoms with van der Waals surface area (Å²) in [6.45, 7) is 0.175. The molecule has 0 bridgehead atoms. The van der Waals surface area contributed by atoms with Crippen molar-refractivity contribution >= 4 is 40.6 Å². The Balaban J connectivity index is 2.00. The summed E-state index contributed by atoms with van der Waals surface area (Å²) in [6, 6.07) is 8.38. The van der Waals surface area contributed by atoms with Crippen molar-refractivity contribution in [3.05, 3.63) is 46.1 Å². The van der Waals surface area contributed by atoms with Gasteiger partial charge in [-0.25, -0.2) is 4.98 Å². The molecule has 1 aliphatic heterocycles. The first kappa shape index (κ1) is 14.0. The van der Waals surface area contributed by atoms with Gasteiger partial charge in [0.05, 0.1) is 22.9 Å². The number of rotatable bonds is 2. The molecule has 0 fully saturated rings. The zero-order chi connectivity index (χ0) is 15.0. The number of hydrogen-bond donors (Lipinski definition) is 1. The SMILES string of the molecule is Nc1ccc(Cl)c(CN2C(=O)COc3ccc(Cl)cc32)n1. The first-order valence-electron chi connectivity index (χ1n) is 6.18. The van der Waals surface area contributed by atoms with E-state index in [-0.39, 0.29) is 19.1 Å². The van der Waals surface area contributed by atoms with E-state index < -0.39 is 0 Å². The molecule has 0 unspecified atom stereocenters. The number of ether oxygens (including phenoxy) is 1. The molecule has 21 heavy (non-hydrogen) atoms. The van der Waals surface area contributed by atoms with Crippen molar-refractivity contribution < 1.29 is 9.53 Å². The number of benzene rings is 1. The van der Waals surface area contributed by atoms with Gasteiger partial charge >= 0.3 is 0 Å². The standard InChI is InChI=1S/C14H11Cl2N3O2/c15-8-1-3-12-11(5-8)19(14(20)7-21-12)6-10-9(16)2-4-13(17)18-10/h1-5H,6-7H2,(H2,17,18). The van der Waals surface area contributed by atoms with Gasteiger partial charge in [0, 0.05) is 5.02 Å². The molecule has 0 spiro atoms. The maximum Gasteiger partial charge on any atom is 0.265 e. The quantitative estimate of drug-likeness (QED) is 0.922. The third-order valence-corrected chi connectivity index (χ3v) is 3.69. The van der Waals surface area contributed by atoms with E-state index >= 15 is 0 Å². The van der Waals surface area contributed by atoms with Gasteiger partial charge in [0.15, 0.2) is 6.61 Å². The number of hydrogen-bond acceptors (Lipinski definition) is 4. The summed E-state index contributed by atoms with van der Waals surface area (Å²) in [7, 11) is 0. The van der Waals surface area contributed by atoms with E-state index in [0.29, 0.717) is 33.0 Å². The number of amides is 1. The minimum Gasteiger partial charge on any atom is -0.482 e. The summed E-state index contributed by atoms with van der Waals surface area (Å²) in [5.41, 5.74) is 6.79. The topological polar surface area (TPSA) is 68.5 Å². The van der Waals surface area contributed by atoms with Crippen LogP contribution in [0.25, 0.3) is 0 Å². The second-order valence-electron chi connectivity index (χ2n) is 4.55. The molecule has 3 rings (SSSR count). The van der Waals surface area contributed by atoms with Crippen molar-refractivity contribution in [1.82, 2.24) is 4.98 Å². The number of pyridine rings is 1. The van der Waals surface area contributed by atoms with Crippen LogP contribution < -0.4 is 15.4 Å². The van der Waals surface area contributed by atoms with Crippen molar-refractivity contribution in [2.24, 2.45) is 0 Å². The number of carbonyl (C=O) groups is 1. The lowest BCUT2D eigenvalue weighted by Crippen LogP contribution is -2.38. The highest BCUT2D eigenvalue weighted by atomic mass is 35.5. The molecule has 108 valence electrons. The van der Waals surface area contributed by atoms with Crippen LogP contribution in [0.3, 0.4) is 0 Å². The first-order valence-corrected chi connectivity index (χ1v) is 6.94. The maximum absolute atomic E-state index is 12.1. The van der Waals surface area contributed by atoms with E-state index in [1.54, 1.807) is 35.2 Å². The highest BCUT2D eigenvalue weighted by Gasteiger charge is 2.26. The Morgan fingerprint density at radius 1 is 1.29 bits per heavy atom. The predicted molar refractivity (Wildman–Crippen MR) is 81.8 cm³/mol. The molecule has 0 atom stereocenters. The Morgan fingerprint density at radius 2 is 2.10 bits per heavy atom. The Bertz CT molecular complexity index is 721. The average Bonchev–Trinajstić information content (AvgIpc) is 2.46. The minimum atomic E-state index is -0.190. The molecule has 1 aliphatic rings. The van der Waals surface area contributed by atoms with Crippen LogP contribution in [0.15, 0.2) is 30.3 Å². The molecule has 7 heteroatoms. The van der Waals surface area contributed by atoms with Crippen molar-refractivity contribution in [2.75, 3.05) is 17.2 Å². The fourth-order valence-electron chi connectivity index (χ4n) is 2.11. The lowest BCUT2D eigenvalue weighted by Gasteiger charge is -2.29. The van der Waals surface area contributed by atoms with Crippen LogP contribution >= 0.6 is 23.2 Å². The van der Waals surface area contributed by atoms with Crippen LogP contribution in [0.4, 0.5) is 11.5 Å². The number of carbonyl (C=O) groups excluding carboxylic acids is 1.